The molecule has 0 saturated carbocycles. The number of hydrogen-bond donors (Lipinski definition) is 1. The third kappa shape index (κ3) is 7.12. The van der Waals surface area contributed by atoms with E-state index >= 15 is 0 Å². The van der Waals surface area contributed by atoms with Gasteiger partial charge in [0.1, 0.15) is 0 Å². The van der Waals surface area contributed by atoms with Gasteiger partial charge in [0.05, 0.1) is 37.0 Å². The van der Waals surface area contributed by atoms with E-state index in [9.17, 15) is 22.8 Å². The van der Waals surface area contributed by atoms with Crippen molar-refractivity contribution >= 4 is 33.6 Å². The number of anilines is 1. The van der Waals surface area contributed by atoms with Gasteiger partial charge >= 0.3 is 11.9 Å². The number of rotatable bonds is 9. The Balaban J connectivity index is 1.65. The van der Waals surface area contributed by atoms with Gasteiger partial charge in [0.25, 0.3) is 0 Å². The first kappa shape index (κ1) is 26.4. The van der Waals surface area contributed by atoms with Gasteiger partial charge in [-0.1, -0.05) is 30.3 Å². The first-order chi connectivity index (χ1) is 16.7. The van der Waals surface area contributed by atoms with E-state index in [4.69, 9.17) is 9.47 Å². The molecule has 1 heterocycles. The highest BCUT2D eigenvalue weighted by Gasteiger charge is 2.32. The molecule has 1 atom stereocenters. The van der Waals surface area contributed by atoms with Crippen LogP contribution in [0.5, 0.6) is 0 Å². The Kier molecular flexibility index (Phi) is 9.00. The number of hydrogen-bond acceptors (Lipinski definition) is 7. The minimum absolute atomic E-state index is 0.0138. The van der Waals surface area contributed by atoms with Crippen LogP contribution in [-0.2, 0) is 30.7 Å². The number of esters is 2. The lowest BCUT2D eigenvalue weighted by molar-refractivity contribution is -0.120. The van der Waals surface area contributed by atoms with E-state index in [1.54, 1.807) is 0 Å². The lowest BCUT2D eigenvalue weighted by Crippen LogP contribution is -2.44. The van der Waals surface area contributed by atoms with Crippen molar-refractivity contribution in [2.24, 2.45) is 5.92 Å². The molecule has 1 aliphatic rings. The highest BCUT2D eigenvalue weighted by Crippen LogP contribution is 2.23. The van der Waals surface area contributed by atoms with Crippen molar-refractivity contribution in [1.82, 2.24) is 4.31 Å². The number of nitrogens with zero attached hydrogens (tertiary/aromatic N) is 1. The van der Waals surface area contributed by atoms with E-state index in [1.165, 1.54) is 36.7 Å². The van der Waals surface area contributed by atoms with Crippen molar-refractivity contribution < 1.29 is 32.3 Å². The van der Waals surface area contributed by atoms with Crippen LogP contribution in [0.25, 0.3) is 0 Å². The molecule has 1 N–H and O–H groups in total. The largest absolute Gasteiger partial charge is 0.465 e. The zero-order valence-corrected chi connectivity index (χ0v) is 20.7. The summed E-state index contributed by atoms with van der Waals surface area (Å²) in [5, 5.41) is 2.71. The van der Waals surface area contributed by atoms with Crippen molar-refractivity contribution in [1.29, 1.82) is 0 Å². The molecule has 0 aromatic heterocycles. The third-order valence-corrected chi connectivity index (χ3v) is 7.82. The summed E-state index contributed by atoms with van der Waals surface area (Å²) in [6.45, 7) is 0.460. The number of sulfonamides is 1. The number of aryl methyl sites for hydroxylation is 1. The van der Waals surface area contributed by atoms with Gasteiger partial charge in [-0.3, -0.25) is 4.79 Å². The lowest BCUT2D eigenvalue weighted by Gasteiger charge is -2.31. The zero-order chi connectivity index (χ0) is 25.4. The van der Waals surface area contributed by atoms with Crippen LogP contribution in [0.3, 0.4) is 0 Å². The summed E-state index contributed by atoms with van der Waals surface area (Å²) in [4.78, 5) is 36.9. The van der Waals surface area contributed by atoms with Gasteiger partial charge in [-0.2, -0.15) is 0 Å². The number of amides is 1. The number of carbonyl (C=O) groups excluding carboxylic acids is 3. The molecule has 35 heavy (non-hydrogen) atoms. The fourth-order valence-electron chi connectivity index (χ4n) is 4.06. The second-order valence-corrected chi connectivity index (χ2v) is 10.5. The first-order valence-electron chi connectivity index (χ1n) is 11.4. The number of ether oxygens (including phenoxy) is 2. The SMILES string of the molecule is COC(=O)c1cc(NC(=O)[C@H]2CCCN(S(=O)(=O)CCCc3ccccc3)C2)cc(C(=O)OC)c1. The van der Waals surface area contributed by atoms with Gasteiger partial charge in [0.15, 0.2) is 0 Å². The maximum absolute atomic E-state index is 13.0. The van der Waals surface area contributed by atoms with Crippen LogP contribution in [0.2, 0.25) is 0 Å². The van der Waals surface area contributed by atoms with Crippen LogP contribution < -0.4 is 5.32 Å². The summed E-state index contributed by atoms with van der Waals surface area (Å²) in [7, 11) is -1.08. The molecule has 0 aliphatic carbocycles. The van der Waals surface area contributed by atoms with Crippen molar-refractivity contribution in [2.75, 3.05) is 38.4 Å². The van der Waals surface area contributed by atoms with Crippen LogP contribution >= 0.6 is 0 Å². The maximum Gasteiger partial charge on any atom is 0.337 e. The van der Waals surface area contributed by atoms with Crippen molar-refractivity contribution in [3.8, 4) is 0 Å². The van der Waals surface area contributed by atoms with Crippen LogP contribution in [0.1, 0.15) is 45.5 Å². The second-order valence-electron chi connectivity index (χ2n) is 8.37. The fraction of sp³-hybridized carbons (Fsp3) is 0.400. The van der Waals surface area contributed by atoms with Crippen LogP contribution in [0.15, 0.2) is 48.5 Å². The summed E-state index contributed by atoms with van der Waals surface area (Å²) in [6.07, 6.45) is 2.25. The Morgan fingerprint density at radius 2 is 1.63 bits per heavy atom. The molecule has 1 fully saturated rings. The molecule has 0 radical (unpaired) electrons. The molecule has 10 heteroatoms. The topological polar surface area (TPSA) is 119 Å². The van der Waals surface area contributed by atoms with E-state index in [-0.39, 0.29) is 35.0 Å². The zero-order valence-electron chi connectivity index (χ0n) is 19.9. The molecule has 188 valence electrons. The predicted octanol–water partition coefficient (Wildman–Crippen LogP) is 2.87. The molecule has 3 rings (SSSR count). The van der Waals surface area contributed by atoms with Gasteiger partial charge in [-0.05, 0) is 49.4 Å². The molecular weight excluding hydrogens is 472 g/mol. The van der Waals surface area contributed by atoms with Gasteiger partial charge in [0, 0.05) is 18.8 Å². The molecule has 0 spiro atoms. The number of benzene rings is 2. The molecule has 1 saturated heterocycles. The van der Waals surface area contributed by atoms with Crippen LogP contribution in [0, 0.1) is 5.92 Å². The molecule has 1 amide bonds. The smallest absolute Gasteiger partial charge is 0.337 e. The van der Waals surface area contributed by atoms with E-state index in [0.29, 0.717) is 32.2 Å². The highest BCUT2D eigenvalue weighted by atomic mass is 32.2. The summed E-state index contributed by atoms with van der Waals surface area (Å²) in [6, 6.07) is 13.8. The van der Waals surface area contributed by atoms with Crippen LogP contribution in [-0.4, -0.2) is 63.6 Å². The highest BCUT2D eigenvalue weighted by molar-refractivity contribution is 7.89. The number of piperidine rings is 1. The summed E-state index contributed by atoms with van der Waals surface area (Å²) >= 11 is 0. The molecule has 2 aromatic carbocycles. The average molecular weight is 503 g/mol. The van der Waals surface area contributed by atoms with Gasteiger partial charge < -0.3 is 14.8 Å². The molecule has 9 nitrogen and oxygen atoms in total. The van der Waals surface area contributed by atoms with Crippen molar-refractivity contribution in [3.63, 3.8) is 0 Å². The van der Waals surface area contributed by atoms with E-state index < -0.39 is 27.9 Å². The second kappa shape index (κ2) is 11.9. The molecule has 2 aromatic rings. The van der Waals surface area contributed by atoms with E-state index in [0.717, 1.165) is 5.56 Å². The quantitative estimate of drug-likeness (QED) is 0.524. The Hall–Kier alpha value is -3.24. The Bertz CT molecular complexity index is 1130. The predicted molar refractivity (Wildman–Crippen MR) is 131 cm³/mol. The van der Waals surface area contributed by atoms with Gasteiger partial charge in [0.2, 0.25) is 15.9 Å². The summed E-state index contributed by atoms with van der Waals surface area (Å²) in [5.41, 5.74) is 1.47. The number of carbonyl (C=O) groups is 3. The van der Waals surface area contributed by atoms with E-state index in [1.807, 2.05) is 30.3 Å². The standard InChI is InChI=1S/C25H30N2O7S/c1-33-24(29)20-14-21(25(30)34-2)16-22(15-20)26-23(28)19-11-6-12-27(17-19)35(31,32)13-7-10-18-8-4-3-5-9-18/h3-5,8-9,14-16,19H,6-7,10-13,17H2,1-2H3,(H,26,28)/t19-/m0/s1. The van der Waals surface area contributed by atoms with Crippen molar-refractivity contribution in [2.45, 2.75) is 25.7 Å². The Morgan fingerprint density at radius 1 is 1.00 bits per heavy atom. The minimum Gasteiger partial charge on any atom is -0.465 e. The average Bonchev–Trinajstić information content (AvgIpc) is 2.88. The normalized spacial score (nSPS) is 16.3. The monoisotopic (exact) mass is 502 g/mol. The van der Waals surface area contributed by atoms with Gasteiger partial charge in [-0.15, -0.1) is 0 Å². The fourth-order valence-corrected chi connectivity index (χ4v) is 5.64. The van der Waals surface area contributed by atoms with E-state index in [2.05, 4.69) is 5.32 Å². The van der Waals surface area contributed by atoms with Crippen molar-refractivity contribution in [3.05, 3.63) is 65.2 Å². The Labute approximate surface area is 205 Å². The van der Waals surface area contributed by atoms with Gasteiger partial charge in [-0.25, -0.2) is 22.3 Å². The summed E-state index contributed by atoms with van der Waals surface area (Å²) < 4.78 is 36.6. The summed E-state index contributed by atoms with van der Waals surface area (Å²) in [5.74, 6) is -2.27. The third-order valence-electron chi connectivity index (χ3n) is 5.90. The minimum atomic E-state index is -3.50. The maximum atomic E-state index is 13.0. The van der Waals surface area contributed by atoms with Crippen LogP contribution in [0.4, 0.5) is 5.69 Å². The first-order valence-corrected chi connectivity index (χ1v) is 13.0. The number of nitrogens with one attached hydrogen (secondary N) is 1. The Morgan fingerprint density at radius 3 is 2.23 bits per heavy atom. The molecule has 1 aliphatic heterocycles. The molecular formula is C25H30N2O7S. The molecule has 0 unspecified atom stereocenters. The molecule has 0 bridgehead atoms. The lowest BCUT2D eigenvalue weighted by atomic mass is 9.98. The number of methoxy groups -OCH3 is 2.